The maximum absolute atomic E-state index is 13.8. The lowest BCUT2D eigenvalue weighted by Crippen LogP contribution is -2.46. The van der Waals surface area contributed by atoms with E-state index in [2.05, 4.69) is 30.9 Å². The molecular formula is C24H31ClN4O3S4. The van der Waals surface area contributed by atoms with E-state index in [-0.39, 0.29) is 16.0 Å². The van der Waals surface area contributed by atoms with E-state index in [0.717, 1.165) is 41.2 Å². The number of benzene rings is 1. The van der Waals surface area contributed by atoms with E-state index in [0.29, 0.717) is 41.9 Å². The number of likely N-dealkylation sites (N-methyl/N-ethyl adjacent to an activating group) is 1. The molecule has 0 saturated carbocycles. The first-order chi connectivity index (χ1) is 17.3. The molecule has 1 saturated heterocycles. The number of anilines is 1. The Morgan fingerprint density at radius 2 is 1.86 bits per heavy atom. The van der Waals surface area contributed by atoms with Gasteiger partial charge in [-0.15, -0.1) is 23.1 Å². The number of aromatic nitrogens is 1. The minimum absolute atomic E-state index is 0.0301. The highest BCUT2D eigenvalue weighted by Gasteiger charge is 2.35. The normalized spacial score (nSPS) is 15.7. The maximum Gasteiger partial charge on any atom is 0.252 e. The molecule has 3 aromatic rings. The van der Waals surface area contributed by atoms with Crippen LogP contribution in [0.5, 0.6) is 0 Å². The number of amides is 1. The van der Waals surface area contributed by atoms with Crippen molar-refractivity contribution in [2.24, 2.45) is 5.92 Å². The Balaban J connectivity index is 1.52. The van der Waals surface area contributed by atoms with Crippen LogP contribution < -0.4 is 4.90 Å². The number of piperidine rings is 1. The number of carbonyl (C=O) groups excluding carboxylic acids is 1. The molecule has 0 radical (unpaired) electrons. The molecular weight excluding hydrogens is 556 g/mol. The Hall–Kier alpha value is -1.21. The van der Waals surface area contributed by atoms with Crippen molar-refractivity contribution in [1.29, 1.82) is 0 Å². The van der Waals surface area contributed by atoms with Gasteiger partial charge in [-0.1, -0.05) is 36.8 Å². The van der Waals surface area contributed by atoms with E-state index in [4.69, 9.17) is 16.6 Å². The van der Waals surface area contributed by atoms with Crippen LogP contribution in [0.15, 0.2) is 39.4 Å². The molecule has 1 aromatic carbocycles. The van der Waals surface area contributed by atoms with Gasteiger partial charge < -0.3 is 4.90 Å². The Labute approximate surface area is 230 Å². The molecule has 0 N–H and O–H groups in total. The molecule has 36 heavy (non-hydrogen) atoms. The van der Waals surface area contributed by atoms with Crippen molar-refractivity contribution in [2.45, 2.75) is 35.8 Å². The van der Waals surface area contributed by atoms with Crippen molar-refractivity contribution in [3.63, 3.8) is 0 Å². The summed E-state index contributed by atoms with van der Waals surface area (Å²) < 4.78 is 29.2. The summed E-state index contributed by atoms with van der Waals surface area (Å²) in [5.41, 5.74) is 0.893. The molecule has 1 fully saturated rings. The van der Waals surface area contributed by atoms with Crippen LogP contribution in [0.1, 0.15) is 26.7 Å². The standard InChI is InChI=1S/C24H31ClN4O3S4/c1-4-27(5-2)14-15-29(24-26-19-7-6-18(33-3)16-20(19)34-24)23(30)17-10-12-28(13-11-17)36(31,32)22-9-8-21(25)35-22/h6-9,16-17H,4-5,10-15H2,1-3H3. The molecule has 7 nitrogen and oxygen atoms in total. The number of hydrogen-bond acceptors (Lipinski definition) is 8. The first-order valence-electron chi connectivity index (χ1n) is 12.0. The van der Waals surface area contributed by atoms with Gasteiger partial charge in [0.05, 0.1) is 14.6 Å². The van der Waals surface area contributed by atoms with E-state index in [1.54, 1.807) is 35.2 Å². The average Bonchev–Trinajstić information content (AvgIpc) is 3.52. The molecule has 196 valence electrons. The van der Waals surface area contributed by atoms with E-state index in [9.17, 15) is 13.2 Å². The van der Waals surface area contributed by atoms with Crippen LogP contribution in [0, 0.1) is 5.92 Å². The lowest BCUT2D eigenvalue weighted by Gasteiger charge is -2.33. The summed E-state index contributed by atoms with van der Waals surface area (Å²) >= 11 is 10.2. The Morgan fingerprint density at radius 3 is 2.47 bits per heavy atom. The topological polar surface area (TPSA) is 73.8 Å². The molecule has 4 rings (SSSR count). The van der Waals surface area contributed by atoms with Crippen molar-refractivity contribution >= 4 is 77.3 Å². The number of sulfonamides is 1. The number of hydrogen-bond donors (Lipinski definition) is 0. The second-order valence-corrected chi connectivity index (χ2v) is 14.4. The van der Waals surface area contributed by atoms with Crippen molar-refractivity contribution in [2.75, 3.05) is 50.4 Å². The predicted molar refractivity (Wildman–Crippen MR) is 152 cm³/mol. The van der Waals surface area contributed by atoms with Crippen LogP contribution in [0.4, 0.5) is 5.13 Å². The van der Waals surface area contributed by atoms with Gasteiger partial charge in [0.2, 0.25) is 5.91 Å². The zero-order valence-electron chi connectivity index (χ0n) is 20.6. The average molecular weight is 587 g/mol. The number of fused-ring (bicyclic) bond motifs is 1. The number of thiazole rings is 1. The van der Waals surface area contributed by atoms with Gasteiger partial charge >= 0.3 is 0 Å². The van der Waals surface area contributed by atoms with Gasteiger partial charge in [0.15, 0.2) is 5.13 Å². The lowest BCUT2D eigenvalue weighted by molar-refractivity contribution is -0.123. The second kappa shape index (κ2) is 12.1. The molecule has 0 aliphatic carbocycles. The van der Waals surface area contributed by atoms with Crippen molar-refractivity contribution in [1.82, 2.24) is 14.2 Å². The molecule has 0 atom stereocenters. The third kappa shape index (κ3) is 6.09. The zero-order valence-corrected chi connectivity index (χ0v) is 24.7. The van der Waals surface area contributed by atoms with Gasteiger partial charge in [-0.3, -0.25) is 9.69 Å². The SMILES string of the molecule is CCN(CC)CCN(C(=O)C1CCN(S(=O)(=O)c2ccc(Cl)s2)CC1)c1nc2ccc(SC)cc2s1. The zero-order chi connectivity index (χ0) is 25.9. The number of halogens is 1. The van der Waals surface area contributed by atoms with Crippen molar-refractivity contribution in [3.8, 4) is 0 Å². The van der Waals surface area contributed by atoms with Crippen molar-refractivity contribution in [3.05, 3.63) is 34.7 Å². The highest BCUT2D eigenvalue weighted by atomic mass is 35.5. The van der Waals surface area contributed by atoms with Crippen LogP contribution in [0.3, 0.4) is 0 Å². The van der Waals surface area contributed by atoms with Crippen LogP contribution in [-0.2, 0) is 14.8 Å². The largest absolute Gasteiger partial charge is 0.302 e. The van der Waals surface area contributed by atoms with E-state index < -0.39 is 10.0 Å². The third-order valence-electron chi connectivity index (χ3n) is 6.56. The van der Waals surface area contributed by atoms with Crippen LogP contribution in [-0.4, -0.2) is 74.0 Å². The third-order valence-corrected chi connectivity index (χ3v) is 11.9. The molecule has 1 aliphatic heterocycles. The molecule has 2 aromatic heterocycles. The smallest absolute Gasteiger partial charge is 0.252 e. The summed E-state index contributed by atoms with van der Waals surface area (Å²) in [6, 6.07) is 9.33. The van der Waals surface area contributed by atoms with Crippen LogP contribution in [0.2, 0.25) is 4.34 Å². The van der Waals surface area contributed by atoms with Gasteiger partial charge in [0.25, 0.3) is 10.0 Å². The number of carbonyl (C=O) groups is 1. The van der Waals surface area contributed by atoms with Gasteiger partial charge in [0, 0.05) is 37.0 Å². The molecule has 0 unspecified atom stereocenters. The summed E-state index contributed by atoms with van der Waals surface area (Å²) in [6.07, 6.45) is 3.02. The molecule has 12 heteroatoms. The molecule has 1 aliphatic rings. The summed E-state index contributed by atoms with van der Waals surface area (Å²) in [6.45, 7) is 8.02. The van der Waals surface area contributed by atoms with Gasteiger partial charge in [0.1, 0.15) is 4.21 Å². The summed E-state index contributed by atoms with van der Waals surface area (Å²) in [5.74, 6) is -0.212. The van der Waals surface area contributed by atoms with Gasteiger partial charge in [-0.05, 0) is 62.5 Å². The maximum atomic E-state index is 13.8. The minimum Gasteiger partial charge on any atom is -0.302 e. The number of thiophene rings is 1. The number of thioether (sulfide) groups is 1. The highest BCUT2D eigenvalue weighted by Crippen LogP contribution is 2.34. The fraction of sp³-hybridized carbons (Fsp3) is 0.500. The molecule has 0 spiro atoms. The number of rotatable bonds is 10. The summed E-state index contributed by atoms with van der Waals surface area (Å²) in [5, 5.41) is 0.712. The van der Waals surface area contributed by atoms with Gasteiger partial charge in [-0.25, -0.2) is 13.4 Å². The second-order valence-electron chi connectivity index (χ2n) is 8.58. The van der Waals surface area contributed by atoms with E-state index in [1.807, 2.05) is 17.2 Å². The Kier molecular flexibility index (Phi) is 9.35. The van der Waals surface area contributed by atoms with E-state index >= 15 is 0 Å². The fourth-order valence-corrected chi connectivity index (χ4v) is 9.00. The van der Waals surface area contributed by atoms with Crippen LogP contribution in [0.25, 0.3) is 10.2 Å². The lowest BCUT2D eigenvalue weighted by atomic mass is 9.96. The Bertz CT molecular complexity index is 1300. The van der Waals surface area contributed by atoms with Crippen LogP contribution >= 0.6 is 46.0 Å². The van der Waals surface area contributed by atoms with E-state index in [1.165, 1.54) is 9.20 Å². The quantitative estimate of drug-likeness (QED) is 0.292. The monoisotopic (exact) mass is 586 g/mol. The van der Waals surface area contributed by atoms with Crippen molar-refractivity contribution < 1.29 is 13.2 Å². The highest BCUT2D eigenvalue weighted by molar-refractivity contribution is 7.98. The predicted octanol–water partition coefficient (Wildman–Crippen LogP) is 5.51. The fourth-order valence-electron chi connectivity index (χ4n) is 4.34. The summed E-state index contributed by atoms with van der Waals surface area (Å²) in [7, 11) is -3.59. The molecule has 3 heterocycles. The number of nitrogens with zero attached hydrogens (tertiary/aromatic N) is 4. The Morgan fingerprint density at radius 1 is 1.14 bits per heavy atom. The minimum atomic E-state index is -3.59. The first-order valence-corrected chi connectivity index (χ1v) is 16.7. The molecule has 1 amide bonds. The first kappa shape index (κ1) is 27.8. The van der Waals surface area contributed by atoms with Gasteiger partial charge in [-0.2, -0.15) is 4.31 Å². The summed E-state index contributed by atoms with van der Waals surface area (Å²) in [4.78, 5) is 23.9. The molecule has 0 bridgehead atoms.